The number of fused-ring (bicyclic) bond motifs is 9. The minimum absolute atomic E-state index is 0.663. The predicted molar refractivity (Wildman–Crippen MR) is 242 cm³/mol. The molecule has 4 heterocycles. The Labute approximate surface area is 335 Å². The first-order valence-electron chi connectivity index (χ1n) is 19.0. The maximum absolute atomic E-state index is 5.02. The first-order valence-corrected chi connectivity index (χ1v) is 20.7. The summed E-state index contributed by atoms with van der Waals surface area (Å²) < 4.78 is 7.54. The number of nitrogens with zero attached hydrogens (tertiary/aromatic N) is 4. The maximum Gasteiger partial charge on any atom is 0.164 e. The molecule has 57 heavy (non-hydrogen) atoms. The molecule has 0 saturated heterocycles. The molecule has 12 rings (SSSR count). The van der Waals surface area contributed by atoms with Crippen molar-refractivity contribution in [3.8, 4) is 51.0 Å². The Kier molecular flexibility index (Phi) is 7.24. The van der Waals surface area contributed by atoms with Gasteiger partial charge in [0.2, 0.25) is 0 Å². The topological polar surface area (TPSA) is 43.6 Å². The molecule has 0 amide bonds. The van der Waals surface area contributed by atoms with E-state index in [4.69, 9.17) is 15.0 Å². The number of benzene rings is 8. The smallest absolute Gasteiger partial charge is 0.164 e. The summed E-state index contributed by atoms with van der Waals surface area (Å²) in [7, 11) is 0. The van der Waals surface area contributed by atoms with Crippen molar-refractivity contribution >= 4 is 84.8 Å². The van der Waals surface area contributed by atoms with E-state index >= 15 is 0 Å². The second kappa shape index (κ2) is 12.8. The molecule has 4 aromatic heterocycles. The Balaban J connectivity index is 0.987. The summed E-state index contributed by atoms with van der Waals surface area (Å²) in [5.74, 6) is 1.99. The largest absolute Gasteiger partial charge is 0.308 e. The molecule has 8 aromatic carbocycles. The van der Waals surface area contributed by atoms with Crippen LogP contribution in [0.5, 0.6) is 0 Å². The number of rotatable bonds is 5. The zero-order valence-corrected chi connectivity index (χ0v) is 32.1. The standard InChI is InChI=1S/C51H30N4S2/c1-3-13-31(14-4-1)49-52-50(32-15-5-2-6-16-32)54-51(53-49)34-26-28-45-41(29-34)40-20-11-19-35(47(40)56-45)33-25-27-38-39-21-12-24-44(48(39)57-46(38)30-33)55-42-22-9-7-17-36(42)37-18-8-10-23-43(37)55/h1-30H. The molecular weight excluding hydrogens is 733 g/mol. The normalized spacial score (nSPS) is 11.9. The molecular formula is C51H30N4S2. The highest BCUT2D eigenvalue weighted by Gasteiger charge is 2.19. The fourth-order valence-corrected chi connectivity index (χ4v) is 10.9. The lowest BCUT2D eigenvalue weighted by molar-refractivity contribution is 1.07. The van der Waals surface area contributed by atoms with E-state index in [9.17, 15) is 0 Å². The Hall–Kier alpha value is -6.99. The second-order valence-corrected chi connectivity index (χ2v) is 16.5. The SMILES string of the molecule is c1ccc(-c2nc(-c3ccccc3)nc(-c3ccc4sc5c(-c6ccc7c(c6)sc6c(-n8c9ccccc9c9ccccc98)cccc67)cccc5c4c3)n2)cc1. The molecule has 0 aliphatic heterocycles. The highest BCUT2D eigenvalue weighted by molar-refractivity contribution is 7.27. The van der Waals surface area contributed by atoms with Gasteiger partial charge in [-0.25, -0.2) is 15.0 Å². The minimum Gasteiger partial charge on any atom is -0.308 e. The molecule has 266 valence electrons. The Morgan fingerprint density at radius 1 is 0.333 bits per heavy atom. The highest BCUT2D eigenvalue weighted by atomic mass is 32.1. The molecule has 0 spiro atoms. The van der Waals surface area contributed by atoms with Crippen molar-refractivity contribution in [3.05, 3.63) is 182 Å². The van der Waals surface area contributed by atoms with Gasteiger partial charge in [-0.3, -0.25) is 0 Å². The number of para-hydroxylation sites is 2. The van der Waals surface area contributed by atoms with Crippen LogP contribution in [0.25, 0.3) is 113 Å². The monoisotopic (exact) mass is 762 g/mol. The molecule has 0 bridgehead atoms. The van der Waals surface area contributed by atoms with Crippen molar-refractivity contribution < 1.29 is 0 Å². The molecule has 0 fully saturated rings. The van der Waals surface area contributed by atoms with Gasteiger partial charge < -0.3 is 4.57 Å². The molecule has 0 aliphatic carbocycles. The van der Waals surface area contributed by atoms with E-state index in [1.165, 1.54) is 79.0 Å². The van der Waals surface area contributed by atoms with Crippen molar-refractivity contribution in [2.24, 2.45) is 0 Å². The average Bonchev–Trinajstić information content (AvgIpc) is 3.96. The molecule has 4 nitrogen and oxygen atoms in total. The van der Waals surface area contributed by atoms with Crippen LogP contribution >= 0.6 is 22.7 Å². The zero-order chi connectivity index (χ0) is 37.5. The predicted octanol–water partition coefficient (Wildman–Crippen LogP) is 14.4. The fourth-order valence-electron chi connectivity index (χ4n) is 8.41. The van der Waals surface area contributed by atoms with Gasteiger partial charge in [-0.15, -0.1) is 22.7 Å². The van der Waals surface area contributed by atoms with Crippen LogP contribution in [0, 0.1) is 0 Å². The zero-order valence-electron chi connectivity index (χ0n) is 30.4. The van der Waals surface area contributed by atoms with Crippen LogP contribution in [0.4, 0.5) is 0 Å². The van der Waals surface area contributed by atoms with Crippen LogP contribution < -0.4 is 0 Å². The third kappa shape index (κ3) is 5.15. The Bertz CT molecular complexity index is 3410. The number of hydrogen-bond acceptors (Lipinski definition) is 5. The van der Waals surface area contributed by atoms with Crippen LogP contribution in [0.1, 0.15) is 0 Å². The van der Waals surface area contributed by atoms with Gasteiger partial charge in [0, 0.05) is 63.1 Å². The fraction of sp³-hybridized carbons (Fsp3) is 0. The van der Waals surface area contributed by atoms with Gasteiger partial charge in [-0.2, -0.15) is 0 Å². The molecule has 0 N–H and O–H groups in total. The van der Waals surface area contributed by atoms with Gasteiger partial charge in [-0.05, 0) is 53.6 Å². The van der Waals surface area contributed by atoms with Crippen molar-refractivity contribution in [1.82, 2.24) is 19.5 Å². The molecule has 0 radical (unpaired) electrons. The van der Waals surface area contributed by atoms with E-state index in [2.05, 4.69) is 126 Å². The van der Waals surface area contributed by atoms with Crippen LogP contribution in [0.2, 0.25) is 0 Å². The molecule has 0 saturated carbocycles. The van der Waals surface area contributed by atoms with Crippen LogP contribution in [0.3, 0.4) is 0 Å². The van der Waals surface area contributed by atoms with Gasteiger partial charge in [0.1, 0.15) is 0 Å². The van der Waals surface area contributed by atoms with Crippen LogP contribution in [-0.2, 0) is 0 Å². The van der Waals surface area contributed by atoms with Gasteiger partial charge in [0.05, 0.1) is 21.4 Å². The molecule has 0 aliphatic rings. The third-order valence-corrected chi connectivity index (χ3v) is 13.5. The lowest BCUT2D eigenvalue weighted by atomic mass is 10.0. The van der Waals surface area contributed by atoms with Crippen molar-refractivity contribution in [2.45, 2.75) is 0 Å². The minimum atomic E-state index is 0.663. The lowest BCUT2D eigenvalue weighted by Gasteiger charge is -2.09. The summed E-state index contributed by atoms with van der Waals surface area (Å²) in [5, 5.41) is 7.57. The van der Waals surface area contributed by atoms with Crippen molar-refractivity contribution in [1.29, 1.82) is 0 Å². The number of aromatic nitrogens is 4. The summed E-state index contributed by atoms with van der Waals surface area (Å²) in [4.78, 5) is 14.9. The second-order valence-electron chi connectivity index (χ2n) is 14.4. The average molecular weight is 763 g/mol. The first-order chi connectivity index (χ1) is 28.2. The quantitative estimate of drug-likeness (QED) is 0.175. The van der Waals surface area contributed by atoms with Crippen molar-refractivity contribution in [2.75, 3.05) is 0 Å². The van der Waals surface area contributed by atoms with E-state index in [0.717, 1.165) is 16.7 Å². The summed E-state index contributed by atoms with van der Waals surface area (Å²) in [6.45, 7) is 0. The van der Waals surface area contributed by atoms with E-state index < -0.39 is 0 Å². The number of thiophene rings is 2. The molecule has 6 heteroatoms. The van der Waals surface area contributed by atoms with Crippen molar-refractivity contribution in [3.63, 3.8) is 0 Å². The molecule has 0 unspecified atom stereocenters. The maximum atomic E-state index is 5.02. The molecule has 0 atom stereocenters. The van der Waals surface area contributed by atoms with Crippen LogP contribution in [-0.4, -0.2) is 19.5 Å². The van der Waals surface area contributed by atoms with E-state index in [0.29, 0.717) is 17.5 Å². The van der Waals surface area contributed by atoms with Gasteiger partial charge in [-0.1, -0.05) is 140 Å². The van der Waals surface area contributed by atoms with Gasteiger partial charge in [0.25, 0.3) is 0 Å². The summed E-state index contributed by atoms with van der Waals surface area (Å²) in [6.07, 6.45) is 0. The first kappa shape index (κ1) is 32.3. The van der Waals surface area contributed by atoms with Gasteiger partial charge >= 0.3 is 0 Å². The Morgan fingerprint density at radius 2 is 0.877 bits per heavy atom. The summed E-state index contributed by atoms with van der Waals surface area (Å²) >= 11 is 3.73. The Morgan fingerprint density at radius 3 is 1.56 bits per heavy atom. The summed E-state index contributed by atoms with van der Waals surface area (Å²) in [6, 6.07) is 64.9. The van der Waals surface area contributed by atoms with Gasteiger partial charge in [0.15, 0.2) is 17.5 Å². The summed E-state index contributed by atoms with van der Waals surface area (Å²) in [5.41, 5.74) is 9.04. The van der Waals surface area contributed by atoms with E-state index in [1.54, 1.807) is 0 Å². The van der Waals surface area contributed by atoms with E-state index in [1.807, 2.05) is 83.3 Å². The van der Waals surface area contributed by atoms with E-state index in [-0.39, 0.29) is 0 Å². The van der Waals surface area contributed by atoms with Crippen LogP contribution in [0.15, 0.2) is 182 Å². The molecule has 12 aromatic rings. The third-order valence-electron chi connectivity index (χ3n) is 11.1. The highest BCUT2D eigenvalue weighted by Crippen LogP contribution is 2.45. The lowest BCUT2D eigenvalue weighted by Crippen LogP contribution is -2.00. The number of hydrogen-bond donors (Lipinski definition) is 0.